The van der Waals surface area contributed by atoms with Gasteiger partial charge in [0, 0.05) is 19.3 Å². The maximum atomic E-state index is 12.7. The maximum absolute atomic E-state index is 12.7. The Morgan fingerprint density at radius 1 is 0.356 bits per heavy atom. The van der Waals surface area contributed by atoms with Gasteiger partial charge in [0.05, 0.1) is 0 Å². The molecule has 0 bridgehead atoms. The Bertz CT molecular complexity index is 1260. The van der Waals surface area contributed by atoms with Gasteiger partial charge in [-0.05, 0) is 109 Å². The normalized spacial score (nSPS) is 13.1. The van der Waals surface area contributed by atoms with Crippen LogP contribution in [0.5, 0.6) is 0 Å². The van der Waals surface area contributed by atoms with Gasteiger partial charge in [0.15, 0.2) is 6.10 Å². The van der Waals surface area contributed by atoms with Gasteiger partial charge in [-0.3, -0.25) is 14.4 Å². The van der Waals surface area contributed by atoms with Crippen LogP contribution in [0.25, 0.3) is 0 Å². The molecule has 0 saturated heterocycles. The Balaban J connectivity index is 4.58. The number of rotatable bonds is 40. The molecule has 0 aliphatic heterocycles. The van der Waals surface area contributed by atoms with Crippen LogP contribution < -0.4 is 0 Å². The van der Waals surface area contributed by atoms with Crippen molar-refractivity contribution in [2.24, 2.45) is 0 Å². The summed E-state index contributed by atoms with van der Waals surface area (Å²) in [5.41, 5.74) is 0. The van der Waals surface area contributed by atoms with Crippen molar-refractivity contribution in [2.75, 3.05) is 13.2 Å². The maximum Gasteiger partial charge on any atom is 0.306 e. The molecule has 1 atom stereocenters. The van der Waals surface area contributed by atoms with Crippen LogP contribution in [0.3, 0.4) is 0 Å². The minimum Gasteiger partial charge on any atom is -0.462 e. The highest BCUT2D eigenvalue weighted by molar-refractivity contribution is 5.71. The number of esters is 3. The monoisotopic (exact) mass is 817 g/mol. The fraction of sp³-hybridized carbons (Fsp3) is 0.604. The quantitative estimate of drug-likeness (QED) is 0.0265. The summed E-state index contributed by atoms with van der Waals surface area (Å²) in [6, 6.07) is 0. The van der Waals surface area contributed by atoms with Gasteiger partial charge in [0.2, 0.25) is 0 Å². The fourth-order valence-electron chi connectivity index (χ4n) is 5.79. The molecule has 0 radical (unpaired) electrons. The van der Waals surface area contributed by atoms with Crippen LogP contribution >= 0.6 is 0 Å². The summed E-state index contributed by atoms with van der Waals surface area (Å²) < 4.78 is 16.6. The molecule has 0 aliphatic rings. The van der Waals surface area contributed by atoms with E-state index >= 15 is 0 Å². The Morgan fingerprint density at radius 3 is 1.15 bits per heavy atom. The predicted molar refractivity (Wildman–Crippen MR) is 251 cm³/mol. The van der Waals surface area contributed by atoms with Crippen molar-refractivity contribution in [3.63, 3.8) is 0 Å². The first-order valence-electron chi connectivity index (χ1n) is 23.4. The van der Waals surface area contributed by atoms with Crippen LogP contribution in [-0.4, -0.2) is 37.2 Å². The molecule has 0 saturated carbocycles. The summed E-state index contributed by atoms with van der Waals surface area (Å²) in [7, 11) is 0. The zero-order chi connectivity index (χ0) is 43.0. The Morgan fingerprint density at radius 2 is 0.695 bits per heavy atom. The molecule has 0 N–H and O–H groups in total. The second-order valence-corrected chi connectivity index (χ2v) is 14.9. The third-order valence-corrected chi connectivity index (χ3v) is 9.26. The van der Waals surface area contributed by atoms with Gasteiger partial charge in [-0.1, -0.05) is 169 Å². The molecule has 0 aromatic rings. The molecule has 0 rings (SSSR count). The molecule has 6 nitrogen and oxygen atoms in total. The molecule has 0 aromatic carbocycles. The fourth-order valence-corrected chi connectivity index (χ4v) is 5.79. The number of carbonyl (C=O) groups excluding carboxylic acids is 3. The van der Waals surface area contributed by atoms with Crippen LogP contribution in [0.15, 0.2) is 109 Å². The second-order valence-electron chi connectivity index (χ2n) is 14.9. The standard InChI is InChI=1S/C53H84O6/c1-4-7-10-13-16-19-22-25-26-29-31-34-37-40-43-46-52(55)58-49-50(59-53(56)47-44-41-38-35-32-28-24-21-18-15-12-9-6-3)48-57-51(54)45-42-39-36-33-30-27-23-20-17-14-11-8-5-2/h7,9-10,12,16,18-21,23,25-26,28,31-32,34,38,41,50H,4-6,8,11,13-15,17,22,24,27,29-30,33,35-37,39-40,42-49H2,1-3H3/b10-7-,12-9-,19-16-,21-18-,23-20-,26-25-,32-28-,34-31-,41-38-. The molecule has 6 heteroatoms. The molecule has 332 valence electrons. The number of allylic oxidation sites excluding steroid dienone is 18. The summed E-state index contributed by atoms with van der Waals surface area (Å²) in [5, 5.41) is 0. The van der Waals surface area contributed by atoms with E-state index in [-0.39, 0.29) is 38.0 Å². The predicted octanol–water partition coefficient (Wildman–Crippen LogP) is 15.2. The number of hydrogen-bond acceptors (Lipinski definition) is 6. The molecular weight excluding hydrogens is 733 g/mol. The summed E-state index contributed by atoms with van der Waals surface area (Å²) in [5.74, 6) is -1.07. The van der Waals surface area contributed by atoms with Gasteiger partial charge in [-0.25, -0.2) is 0 Å². The van der Waals surface area contributed by atoms with E-state index in [9.17, 15) is 14.4 Å². The van der Waals surface area contributed by atoms with Gasteiger partial charge < -0.3 is 14.2 Å². The lowest BCUT2D eigenvalue weighted by molar-refractivity contribution is -0.166. The highest BCUT2D eigenvalue weighted by atomic mass is 16.6. The summed E-state index contributed by atoms with van der Waals surface area (Å²) >= 11 is 0. The second kappa shape index (κ2) is 46.8. The molecular formula is C53H84O6. The first kappa shape index (κ1) is 55.1. The third-order valence-electron chi connectivity index (χ3n) is 9.26. The van der Waals surface area contributed by atoms with E-state index in [1.807, 2.05) is 12.2 Å². The number of hydrogen-bond donors (Lipinski definition) is 0. The lowest BCUT2D eigenvalue weighted by atomic mass is 10.1. The van der Waals surface area contributed by atoms with Crippen molar-refractivity contribution in [1.29, 1.82) is 0 Å². The van der Waals surface area contributed by atoms with Crippen molar-refractivity contribution in [2.45, 2.75) is 194 Å². The van der Waals surface area contributed by atoms with E-state index < -0.39 is 12.1 Å². The van der Waals surface area contributed by atoms with Crippen molar-refractivity contribution in [3.05, 3.63) is 109 Å². The van der Waals surface area contributed by atoms with Crippen LogP contribution in [0.1, 0.15) is 188 Å². The Labute approximate surface area is 361 Å². The van der Waals surface area contributed by atoms with Crippen molar-refractivity contribution >= 4 is 17.9 Å². The van der Waals surface area contributed by atoms with Crippen molar-refractivity contribution in [3.8, 4) is 0 Å². The van der Waals surface area contributed by atoms with Crippen LogP contribution in [0.2, 0.25) is 0 Å². The number of carbonyl (C=O) groups is 3. The SMILES string of the molecule is CC/C=C\C/C=C\C/C=C\C/C=C\CCCCC(=O)OCC(COC(=O)CCCCCCC/C=C\CCCCCC)OC(=O)CC/C=C\C/C=C\C/C=C\C/C=C\CC. The van der Waals surface area contributed by atoms with Gasteiger partial charge >= 0.3 is 17.9 Å². The smallest absolute Gasteiger partial charge is 0.306 e. The van der Waals surface area contributed by atoms with Gasteiger partial charge in [-0.2, -0.15) is 0 Å². The summed E-state index contributed by atoms with van der Waals surface area (Å²) in [4.78, 5) is 37.8. The highest BCUT2D eigenvalue weighted by Crippen LogP contribution is 2.11. The molecule has 0 heterocycles. The van der Waals surface area contributed by atoms with E-state index in [0.29, 0.717) is 19.3 Å². The first-order chi connectivity index (χ1) is 29.0. The molecule has 59 heavy (non-hydrogen) atoms. The number of ether oxygens (including phenoxy) is 3. The third kappa shape index (κ3) is 45.0. The van der Waals surface area contributed by atoms with Crippen LogP contribution in [0, 0.1) is 0 Å². The average molecular weight is 817 g/mol. The summed E-state index contributed by atoms with van der Waals surface area (Å²) in [6.45, 7) is 6.25. The lowest BCUT2D eigenvalue weighted by Gasteiger charge is -2.18. The van der Waals surface area contributed by atoms with E-state index in [2.05, 4.69) is 118 Å². The first-order valence-corrected chi connectivity index (χ1v) is 23.4. The Hall–Kier alpha value is -3.93. The lowest BCUT2D eigenvalue weighted by Crippen LogP contribution is -2.30. The van der Waals surface area contributed by atoms with E-state index in [4.69, 9.17) is 14.2 Å². The zero-order valence-corrected chi connectivity index (χ0v) is 37.7. The van der Waals surface area contributed by atoms with E-state index in [0.717, 1.165) is 96.3 Å². The van der Waals surface area contributed by atoms with Gasteiger partial charge in [0.25, 0.3) is 0 Å². The Kier molecular flexibility index (Phi) is 43.6. The van der Waals surface area contributed by atoms with Gasteiger partial charge in [0.1, 0.15) is 13.2 Å². The molecule has 0 aliphatic carbocycles. The molecule has 1 unspecified atom stereocenters. The molecule has 0 fully saturated rings. The number of unbranched alkanes of at least 4 members (excludes halogenated alkanes) is 11. The zero-order valence-electron chi connectivity index (χ0n) is 37.7. The van der Waals surface area contributed by atoms with E-state index in [1.54, 1.807) is 0 Å². The van der Waals surface area contributed by atoms with Crippen LogP contribution in [0.4, 0.5) is 0 Å². The van der Waals surface area contributed by atoms with Crippen molar-refractivity contribution < 1.29 is 28.6 Å². The van der Waals surface area contributed by atoms with Crippen molar-refractivity contribution in [1.82, 2.24) is 0 Å². The molecule has 0 aromatic heterocycles. The average Bonchev–Trinajstić information content (AvgIpc) is 3.23. The highest BCUT2D eigenvalue weighted by Gasteiger charge is 2.19. The minimum atomic E-state index is -0.836. The topological polar surface area (TPSA) is 78.9 Å². The summed E-state index contributed by atoms with van der Waals surface area (Å²) in [6.07, 6.45) is 62.3. The van der Waals surface area contributed by atoms with E-state index in [1.165, 1.54) is 38.5 Å². The molecule has 0 amide bonds. The van der Waals surface area contributed by atoms with Gasteiger partial charge in [-0.15, -0.1) is 0 Å². The largest absolute Gasteiger partial charge is 0.462 e. The minimum absolute atomic E-state index is 0.127. The molecule has 0 spiro atoms. The van der Waals surface area contributed by atoms with Crippen LogP contribution in [-0.2, 0) is 28.6 Å².